The zero-order valence-corrected chi connectivity index (χ0v) is 37.7. The molecule has 0 N–H and O–H groups in total. The maximum Gasteiger partial charge on any atom is 0.141 e. The van der Waals surface area contributed by atoms with E-state index in [-0.39, 0.29) is 10.8 Å². The molecule has 308 valence electrons. The van der Waals surface area contributed by atoms with Gasteiger partial charge in [-0.05, 0) is 136 Å². The number of amidine groups is 1. The van der Waals surface area contributed by atoms with Crippen LogP contribution < -0.4 is 9.80 Å². The quantitative estimate of drug-likeness (QED) is 0.165. The lowest BCUT2D eigenvalue weighted by atomic mass is 9.72. The molecule has 8 aromatic carbocycles. The Hall–Kier alpha value is -7.08. The number of hydrogen-bond donors (Lipinski definition) is 0. The molecule has 2 aliphatic heterocycles. The molecule has 0 radical (unpaired) electrons. The second-order valence-electron chi connectivity index (χ2n) is 19.4. The van der Waals surface area contributed by atoms with Gasteiger partial charge in [0.25, 0.3) is 0 Å². The van der Waals surface area contributed by atoms with E-state index in [1.54, 1.807) is 0 Å². The average molecular weight is 843 g/mol. The highest BCUT2D eigenvalue weighted by Gasteiger charge is 2.45. The predicted molar refractivity (Wildman–Crippen MR) is 271 cm³/mol. The van der Waals surface area contributed by atoms with Crippen molar-refractivity contribution in [1.29, 1.82) is 0 Å². The largest absolute Gasteiger partial charge is 0.310 e. The highest BCUT2D eigenvalue weighted by atomic mass is 32.1. The first-order valence-electron chi connectivity index (χ1n) is 22.4. The Bertz CT molecular complexity index is 3680. The third kappa shape index (κ3) is 5.16. The number of hydrogen-bond acceptors (Lipinski definition) is 5. The fraction of sp³-hybridized carbons (Fsp3) is 0.153. The van der Waals surface area contributed by atoms with Crippen molar-refractivity contribution in [1.82, 2.24) is 4.98 Å². The first-order chi connectivity index (χ1) is 31.0. The number of rotatable bonds is 4. The number of anilines is 5. The zero-order chi connectivity index (χ0) is 43.3. The van der Waals surface area contributed by atoms with Gasteiger partial charge < -0.3 is 4.90 Å². The van der Waals surface area contributed by atoms with E-state index in [2.05, 4.69) is 215 Å². The normalized spacial score (nSPS) is 16.1. The number of benzene rings is 8. The number of aliphatic imine (C=N–C) groups is 1. The van der Waals surface area contributed by atoms with Crippen molar-refractivity contribution in [2.24, 2.45) is 4.99 Å². The second-order valence-corrected chi connectivity index (χ2v) is 20.5. The number of pyridine rings is 1. The molecule has 4 heterocycles. The minimum atomic E-state index is -0.500. The number of nitrogens with zero attached hydrogens (tertiary/aromatic N) is 4. The maximum atomic E-state index is 5.51. The zero-order valence-electron chi connectivity index (χ0n) is 36.9. The SMILES string of the molecule is CC1(C)N=C(c2ccc3c(ccc4cc(N(c5ccc6c(c5)C(C)(C)c5ccccc5-6)c5ccc6sc7ccccc7c6c5)ccc43)c2)N2c3ccccc3C(C)(C)c3ccnc1c32. The summed E-state index contributed by atoms with van der Waals surface area (Å²) in [4.78, 5) is 15.3. The third-order valence-electron chi connectivity index (χ3n) is 14.6. The van der Waals surface area contributed by atoms with Crippen LogP contribution in [-0.2, 0) is 16.4 Å². The fourth-order valence-corrected chi connectivity index (χ4v) is 12.4. The first kappa shape index (κ1) is 37.5. The molecule has 4 nitrogen and oxygen atoms in total. The lowest BCUT2D eigenvalue weighted by Gasteiger charge is -2.46. The molecule has 64 heavy (non-hydrogen) atoms. The second kappa shape index (κ2) is 13.0. The van der Waals surface area contributed by atoms with Gasteiger partial charge in [-0.1, -0.05) is 125 Å². The standard InChI is InChI=1S/C59H46N4S/c1-57(2)47-15-9-7-13-43(47)44-27-23-40(34-50(44)57)62(39-24-28-53-46(33-39)45-14-8-12-18-52(45)64-53)38-22-26-42-36(32-38)20-19-35-31-37(21-25-41(35)42)56-61-59(5,6)55-54-49(29-30-60-55)58(3,4)48-16-10-11-17-51(48)63(54)56/h7-34H,1-6H3. The van der Waals surface area contributed by atoms with Crippen LogP contribution in [0.5, 0.6) is 0 Å². The fourth-order valence-electron chi connectivity index (χ4n) is 11.3. The smallest absolute Gasteiger partial charge is 0.141 e. The molecule has 3 aliphatic rings. The summed E-state index contributed by atoms with van der Waals surface area (Å²) in [6.07, 6.45) is 1.96. The Labute approximate surface area is 377 Å². The number of para-hydroxylation sites is 1. The van der Waals surface area contributed by atoms with Gasteiger partial charge in [-0.25, -0.2) is 0 Å². The van der Waals surface area contributed by atoms with Crippen LogP contribution in [0.25, 0.3) is 52.8 Å². The summed E-state index contributed by atoms with van der Waals surface area (Å²) in [6, 6.07) is 61.3. The average Bonchev–Trinajstić information content (AvgIpc) is 3.79. The first-order valence-corrected chi connectivity index (χ1v) is 23.2. The van der Waals surface area contributed by atoms with E-state index in [1.807, 2.05) is 17.5 Å². The van der Waals surface area contributed by atoms with Crippen molar-refractivity contribution < 1.29 is 0 Å². The molecule has 0 spiro atoms. The van der Waals surface area contributed by atoms with Crippen molar-refractivity contribution in [3.05, 3.63) is 203 Å². The van der Waals surface area contributed by atoms with Gasteiger partial charge in [-0.2, -0.15) is 0 Å². The number of thiophene rings is 1. The molecule has 0 unspecified atom stereocenters. The van der Waals surface area contributed by atoms with E-state index in [0.29, 0.717) is 0 Å². The van der Waals surface area contributed by atoms with Gasteiger partial charge >= 0.3 is 0 Å². The van der Waals surface area contributed by atoms with Crippen molar-refractivity contribution in [3.8, 4) is 11.1 Å². The summed E-state index contributed by atoms with van der Waals surface area (Å²) in [5, 5.41) is 7.43. The lowest BCUT2D eigenvalue weighted by Crippen LogP contribution is -2.43. The molecule has 0 saturated heterocycles. The van der Waals surface area contributed by atoms with Crippen molar-refractivity contribution >= 4 is 87.3 Å². The van der Waals surface area contributed by atoms with Crippen LogP contribution in [0.15, 0.2) is 175 Å². The summed E-state index contributed by atoms with van der Waals surface area (Å²) < 4.78 is 2.62. The molecule has 0 bridgehead atoms. The molecule has 13 rings (SSSR count). The topological polar surface area (TPSA) is 31.7 Å². The Morgan fingerprint density at radius 2 is 1.12 bits per heavy atom. The minimum Gasteiger partial charge on any atom is -0.310 e. The van der Waals surface area contributed by atoms with Gasteiger partial charge in [-0.3, -0.25) is 14.9 Å². The van der Waals surface area contributed by atoms with Crippen LogP contribution in [-0.4, -0.2) is 10.8 Å². The molecular weight excluding hydrogens is 797 g/mol. The molecule has 1 aliphatic carbocycles. The lowest BCUT2D eigenvalue weighted by molar-refractivity contribution is 0.523. The maximum absolute atomic E-state index is 5.51. The van der Waals surface area contributed by atoms with Crippen LogP contribution in [0.2, 0.25) is 0 Å². The Kier molecular flexibility index (Phi) is 7.61. The van der Waals surface area contributed by atoms with Gasteiger partial charge in [-0.15, -0.1) is 11.3 Å². The van der Waals surface area contributed by atoms with E-state index in [0.717, 1.165) is 34.2 Å². The van der Waals surface area contributed by atoms with Crippen LogP contribution in [0, 0.1) is 0 Å². The molecule has 0 fully saturated rings. The molecule has 10 aromatic rings. The van der Waals surface area contributed by atoms with E-state index >= 15 is 0 Å². The van der Waals surface area contributed by atoms with Gasteiger partial charge in [0.15, 0.2) is 0 Å². The van der Waals surface area contributed by atoms with Crippen molar-refractivity contribution in [3.63, 3.8) is 0 Å². The predicted octanol–water partition coefficient (Wildman–Crippen LogP) is 16.0. The molecule has 2 aromatic heterocycles. The Balaban J connectivity index is 0.950. The molecular formula is C59H46N4S. The Morgan fingerprint density at radius 3 is 1.98 bits per heavy atom. The summed E-state index contributed by atoms with van der Waals surface area (Å²) in [7, 11) is 0. The van der Waals surface area contributed by atoms with Crippen molar-refractivity contribution in [2.45, 2.75) is 57.9 Å². The van der Waals surface area contributed by atoms with Gasteiger partial charge in [0.2, 0.25) is 0 Å². The minimum absolute atomic E-state index is 0.113. The van der Waals surface area contributed by atoms with Gasteiger partial charge in [0.05, 0.1) is 17.1 Å². The van der Waals surface area contributed by atoms with E-state index in [1.165, 1.54) is 86.5 Å². The van der Waals surface area contributed by atoms with Gasteiger partial charge in [0, 0.05) is 59.8 Å². The third-order valence-corrected chi connectivity index (χ3v) is 15.7. The summed E-state index contributed by atoms with van der Waals surface area (Å²) in [6.45, 7) is 13.8. The van der Waals surface area contributed by atoms with E-state index < -0.39 is 5.54 Å². The highest BCUT2D eigenvalue weighted by Crippen LogP contribution is 2.55. The monoisotopic (exact) mass is 842 g/mol. The van der Waals surface area contributed by atoms with Crippen LogP contribution >= 0.6 is 11.3 Å². The van der Waals surface area contributed by atoms with Crippen LogP contribution in [0.4, 0.5) is 28.4 Å². The van der Waals surface area contributed by atoms with E-state index in [9.17, 15) is 0 Å². The number of aromatic nitrogens is 1. The van der Waals surface area contributed by atoms with Crippen LogP contribution in [0.3, 0.4) is 0 Å². The summed E-state index contributed by atoms with van der Waals surface area (Å²) >= 11 is 1.86. The highest BCUT2D eigenvalue weighted by molar-refractivity contribution is 7.25. The van der Waals surface area contributed by atoms with Crippen LogP contribution in [0.1, 0.15) is 75.1 Å². The molecule has 0 amide bonds. The molecule has 0 atom stereocenters. The van der Waals surface area contributed by atoms with Gasteiger partial charge in [0.1, 0.15) is 11.4 Å². The van der Waals surface area contributed by atoms with E-state index in [4.69, 9.17) is 9.98 Å². The molecule has 0 saturated carbocycles. The summed E-state index contributed by atoms with van der Waals surface area (Å²) in [5.41, 5.74) is 15.1. The van der Waals surface area contributed by atoms with Crippen molar-refractivity contribution in [2.75, 3.05) is 9.80 Å². The Morgan fingerprint density at radius 1 is 0.484 bits per heavy atom. The molecule has 5 heteroatoms. The summed E-state index contributed by atoms with van der Waals surface area (Å²) in [5.74, 6) is 0.957. The number of fused-ring (bicyclic) bond motifs is 11.